The standard InChI is InChI=1S/C20H24O5/c21-19(8-6-4-2-1-3-5-7-17-14-23-17)24-16-11-9-15-10-12-20(22)25-18(15)13-16/h9-13,17H,1-8,14H2. The minimum Gasteiger partial charge on any atom is -0.426 e. The van der Waals surface area contributed by atoms with E-state index >= 15 is 0 Å². The highest BCUT2D eigenvalue weighted by Crippen LogP contribution is 2.21. The lowest BCUT2D eigenvalue weighted by Gasteiger charge is -2.05. The van der Waals surface area contributed by atoms with Gasteiger partial charge < -0.3 is 13.9 Å². The Labute approximate surface area is 146 Å². The third kappa shape index (κ3) is 6.02. The molecule has 0 N–H and O–H groups in total. The molecule has 1 fully saturated rings. The van der Waals surface area contributed by atoms with Crippen molar-refractivity contribution in [3.63, 3.8) is 0 Å². The number of carbonyl (C=O) groups is 1. The van der Waals surface area contributed by atoms with Gasteiger partial charge in [0.1, 0.15) is 11.3 Å². The second-order valence-corrected chi connectivity index (χ2v) is 6.54. The van der Waals surface area contributed by atoms with Crippen molar-refractivity contribution in [2.45, 2.75) is 57.5 Å². The second kappa shape index (κ2) is 8.81. The van der Waals surface area contributed by atoms with Crippen LogP contribution in [0.4, 0.5) is 0 Å². The molecule has 0 bridgehead atoms. The Hall–Kier alpha value is -2.14. The Morgan fingerprint density at radius 2 is 1.76 bits per heavy atom. The molecule has 0 radical (unpaired) electrons. The first-order valence-corrected chi connectivity index (χ1v) is 9.07. The molecular formula is C20H24O5. The second-order valence-electron chi connectivity index (χ2n) is 6.54. The molecule has 0 saturated carbocycles. The normalized spacial score (nSPS) is 16.1. The highest BCUT2D eigenvalue weighted by atomic mass is 16.6. The third-order valence-electron chi connectivity index (χ3n) is 4.39. The first-order valence-electron chi connectivity index (χ1n) is 9.07. The van der Waals surface area contributed by atoms with E-state index in [-0.39, 0.29) is 5.97 Å². The molecular weight excluding hydrogens is 320 g/mol. The number of ether oxygens (including phenoxy) is 2. The number of hydrogen-bond acceptors (Lipinski definition) is 5. The maximum absolute atomic E-state index is 11.9. The van der Waals surface area contributed by atoms with Crippen LogP contribution >= 0.6 is 0 Å². The van der Waals surface area contributed by atoms with E-state index in [0.29, 0.717) is 23.9 Å². The zero-order valence-corrected chi connectivity index (χ0v) is 14.4. The number of benzene rings is 1. The number of unbranched alkanes of at least 4 members (excludes halogenated alkanes) is 5. The Balaban J connectivity index is 1.32. The van der Waals surface area contributed by atoms with Gasteiger partial charge >= 0.3 is 11.6 Å². The molecule has 0 amide bonds. The van der Waals surface area contributed by atoms with Crippen molar-refractivity contribution in [1.29, 1.82) is 0 Å². The predicted molar refractivity (Wildman–Crippen MR) is 94.8 cm³/mol. The average molecular weight is 344 g/mol. The van der Waals surface area contributed by atoms with E-state index in [0.717, 1.165) is 31.3 Å². The summed E-state index contributed by atoms with van der Waals surface area (Å²) in [6.45, 7) is 0.950. The maximum atomic E-state index is 11.9. The van der Waals surface area contributed by atoms with Crippen LogP contribution in [0.15, 0.2) is 39.5 Å². The van der Waals surface area contributed by atoms with Crippen molar-refractivity contribution < 1.29 is 18.7 Å². The molecule has 1 atom stereocenters. The summed E-state index contributed by atoms with van der Waals surface area (Å²) in [4.78, 5) is 23.1. The molecule has 3 rings (SSSR count). The monoisotopic (exact) mass is 344 g/mol. The van der Waals surface area contributed by atoms with E-state index in [1.807, 2.05) is 0 Å². The molecule has 1 aliphatic rings. The van der Waals surface area contributed by atoms with Crippen LogP contribution in [-0.2, 0) is 9.53 Å². The molecule has 5 heteroatoms. The van der Waals surface area contributed by atoms with Gasteiger partial charge in [-0.05, 0) is 31.0 Å². The van der Waals surface area contributed by atoms with E-state index in [4.69, 9.17) is 13.9 Å². The van der Waals surface area contributed by atoms with Gasteiger partial charge in [-0.3, -0.25) is 4.79 Å². The smallest absolute Gasteiger partial charge is 0.336 e. The van der Waals surface area contributed by atoms with E-state index in [1.54, 1.807) is 24.3 Å². The van der Waals surface area contributed by atoms with Crippen molar-refractivity contribution in [2.24, 2.45) is 0 Å². The van der Waals surface area contributed by atoms with Crippen LogP contribution in [0, 0.1) is 0 Å². The molecule has 1 aliphatic heterocycles. The number of rotatable bonds is 10. The van der Waals surface area contributed by atoms with Crippen molar-refractivity contribution >= 4 is 16.9 Å². The Bertz CT molecular complexity index is 760. The maximum Gasteiger partial charge on any atom is 0.336 e. The topological polar surface area (TPSA) is 69.0 Å². The first-order chi connectivity index (χ1) is 12.2. The predicted octanol–water partition coefficient (Wildman–Crippen LogP) is 4.22. The Morgan fingerprint density at radius 3 is 2.56 bits per heavy atom. The average Bonchev–Trinajstić information content (AvgIpc) is 3.41. The van der Waals surface area contributed by atoms with Gasteiger partial charge in [0.2, 0.25) is 0 Å². The van der Waals surface area contributed by atoms with Crippen molar-refractivity contribution in [3.8, 4) is 5.75 Å². The number of hydrogen-bond donors (Lipinski definition) is 0. The van der Waals surface area contributed by atoms with Crippen LogP contribution in [-0.4, -0.2) is 18.7 Å². The van der Waals surface area contributed by atoms with E-state index in [2.05, 4.69) is 0 Å². The largest absolute Gasteiger partial charge is 0.426 e. The van der Waals surface area contributed by atoms with E-state index < -0.39 is 5.63 Å². The molecule has 5 nitrogen and oxygen atoms in total. The number of carbonyl (C=O) groups excluding carboxylic acids is 1. The van der Waals surface area contributed by atoms with Crippen LogP contribution < -0.4 is 10.4 Å². The summed E-state index contributed by atoms with van der Waals surface area (Å²) >= 11 is 0. The van der Waals surface area contributed by atoms with Gasteiger partial charge in [-0.25, -0.2) is 4.79 Å². The quantitative estimate of drug-likeness (QED) is 0.212. The van der Waals surface area contributed by atoms with Gasteiger partial charge in [0.05, 0.1) is 12.7 Å². The fourth-order valence-electron chi connectivity index (χ4n) is 2.87. The lowest BCUT2D eigenvalue weighted by Crippen LogP contribution is -2.07. The SMILES string of the molecule is O=C(CCCCCCCCC1CO1)Oc1ccc2ccc(=O)oc2c1. The van der Waals surface area contributed by atoms with Crippen LogP contribution in [0.25, 0.3) is 11.0 Å². The summed E-state index contributed by atoms with van der Waals surface area (Å²) in [5, 5.41) is 0.799. The molecule has 25 heavy (non-hydrogen) atoms. The molecule has 0 aliphatic carbocycles. The van der Waals surface area contributed by atoms with Gasteiger partial charge in [-0.1, -0.05) is 32.1 Å². The molecule has 1 aromatic carbocycles. The minimum absolute atomic E-state index is 0.247. The summed E-state index contributed by atoms with van der Waals surface area (Å²) in [7, 11) is 0. The summed E-state index contributed by atoms with van der Waals surface area (Å²) in [5.74, 6) is 0.164. The van der Waals surface area contributed by atoms with Crippen molar-refractivity contribution in [3.05, 3.63) is 40.8 Å². The number of epoxide rings is 1. The van der Waals surface area contributed by atoms with Gasteiger partial charge in [-0.15, -0.1) is 0 Å². The summed E-state index contributed by atoms with van der Waals surface area (Å²) in [6.07, 6.45) is 8.88. The van der Waals surface area contributed by atoms with Crippen LogP contribution in [0.5, 0.6) is 5.75 Å². The van der Waals surface area contributed by atoms with Gasteiger partial charge in [0, 0.05) is 23.9 Å². The molecule has 2 heterocycles. The van der Waals surface area contributed by atoms with Crippen molar-refractivity contribution in [2.75, 3.05) is 6.61 Å². The highest BCUT2D eigenvalue weighted by Gasteiger charge is 2.20. The molecule has 2 aromatic rings. The summed E-state index contributed by atoms with van der Waals surface area (Å²) in [5.41, 5.74) is 0.00929. The highest BCUT2D eigenvalue weighted by molar-refractivity contribution is 5.79. The lowest BCUT2D eigenvalue weighted by atomic mass is 10.1. The fraction of sp³-hybridized carbons (Fsp3) is 0.500. The van der Waals surface area contributed by atoms with Gasteiger partial charge in [0.15, 0.2) is 0 Å². The Kier molecular flexibility index (Phi) is 6.23. The van der Waals surface area contributed by atoms with Crippen LogP contribution in [0.1, 0.15) is 51.4 Å². The molecule has 134 valence electrons. The number of fused-ring (bicyclic) bond motifs is 1. The zero-order valence-electron chi connectivity index (χ0n) is 14.4. The fourth-order valence-corrected chi connectivity index (χ4v) is 2.87. The minimum atomic E-state index is -0.416. The summed E-state index contributed by atoms with van der Waals surface area (Å²) < 4.78 is 15.6. The van der Waals surface area contributed by atoms with Crippen molar-refractivity contribution in [1.82, 2.24) is 0 Å². The summed E-state index contributed by atoms with van der Waals surface area (Å²) in [6, 6.07) is 8.12. The van der Waals surface area contributed by atoms with Gasteiger partial charge in [0.25, 0.3) is 0 Å². The number of esters is 1. The third-order valence-corrected chi connectivity index (χ3v) is 4.39. The molecule has 0 spiro atoms. The molecule has 1 saturated heterocycles. The molecule has 1 unspecified atom stereocenters. The van der Waals surface area contributed by atoms with Gasteiger partial charge in [-0.2, -0.15) is 0 Å². The molecule has 1 aromatic heterocycles. The zero-order chi connectivity index (χ0) is 17.5. The van der Waals surface area contributed by atoms with E-state index in [9.17, 15) is 9.59 Å². The Morgan fingerprint density at radius 1 is 1.04 bits per heavy atom. The van der Waals surface area contributed by atoms with Crippen LogP contribution in [0.3, 0.4) is 0 Å². The van der Waals surface area contributed by atoms with Crippen LogP contribution in [0.2, 0.25) is 0 Å². The lowest BCUT2D eigenvalue weighted by molar-refractivity contribution is -0.134. The van der Waals surface area contributed by atoms with E-state index in [1.165, 1.54) is 31.7 Å². The first kappa shape index (κ1) is 17.7.